The highest BCUT2D eigenvalue weighted by Gasteiger charge is 2.11. The van der Waals surface area contributed by atoms with Crippen LogP contribution in [0.3, 0.4) is 0 Å². The standard InChI is InChI=1S/C20H12Cl2N2O2/c21-15-5-7-18(16(22)11-15)24-9-8-12-4-6-17(23-19(12)24)13-2-1-3-14(10-13)20(25)26/h1-11H,(H,25,26). The highest BCUT2D eigenvalue weighted by atomic mass is 35.5. The van der Waals surface area contributed by atoms with Gasteiger partial charge in [0.2, 0.25) is 0 Å². The smallest absolute Gasteiger partial charge is 0.335 e. The first-order valence-electron chi connectivity index (χ1n) is 7.80. The topological polar surface area (TPSA) is 55.1 Å². The molecular weight excluding hydrogens is 371 g/mol. The number of pyridine rings is 1. The number of rotatable bonds is 3. The molecule has 0 amide bonds. The van der Waals surface area contributed by atoms with Gasteiger partial charge in [0.05, 0.1) is 22.0 Å². The van der Waals surface area contributed by atoms with Crippen molar-refractivity contribution in [2.45, 2.75) is 0 Å². The van der Waals surface area contributed by atoms with Crippen molar-refractivity contribution >= 4 is 40.2 Å². The van der Waals surface area contributed by atoms with Gasteiger partial charge in [-0.1, -0.05) is 35.3 Å². The third kappa shape index (κ3) is 2.94. The second-order valence-corrected chi connectivity index (χ2v) is 6.62. The van der Waals surface area contributed by atoms with E-state index in [0.29, 0.717) is 15.7 Å². The summed E-state index contributed by atoms with van der Waals surface area (Å²) in [5, 5.41) is 11.2. The van der Waals surface area contributed by atoms with Crippen molar-refractivity contribution in [3.8, 4) is 16.9 Å². The van der Waals surface area contributed by atoms with E-state index in [4.69, 9.17) is 28.2 Å². The van der Waals surface area contributed by atoms with Crippen LogP contribution in [0.5, 0.6) is 0 Å². The Hall–Kier alpha value is -2.82. The third-order valence-electron chi connectivity index (χ3n) is 4.11. The molecule has 0 spiro atoms. The van der Waals surface area contributed by atoms with Crippen molar-refractivity contribution in [1.82, 2.24) is 9.55 Å². The molecule has 0 fully saturated rings. The van der Waals surface area contributed by atoms with E-state index < -0.39 is 5.97 Å². The molecule has 0 radical (unpaired) electrons. The fourth-order valence-electron chi connectivity index (χ4n) is 2.85. The Morgan fingerprint density at radius 1 is 1.00 bits per heavy atom. The summed E-state index contributed by atoms with van der Waals surface area (Å²) >= 11 is 12.3. The number of hydrogen-bond donors (Lipinski definition) is 1. The molecular formula is C20H12Cl2N2O2. The summed E-state index contributed by atoms with van der Waals surface area (Å²) in [5.74, 6) is -0.968. The number of carboxylic acids is 1. The third-order valence-corrected chi connectivity index (χ3v) is 4.65. The number of fused-ring (bicyclic) bond motifs is 1. The summed E-state index contributed by atoms with van der Waals surface area (Å²) in [6.07, 6.45) is 1.89. The van der Waals surface area contributed by atoms with E-state index in [9.17, 15) is 9.90 Å². The molecule has 0 saturated carbocycles. The van der Waals surface area contributed by atoms with Crippen LogP contribution in [0.1, 0.15) is 10.4 Å². The number of aromatic carboxylic acids is 1. The normalized spacial score (nSPS) is 11.0. The monoisotopic (exact) mass is 382 g/mol. The van der Waals surface area contributed by atoms with Crippen LogP contribution in [0.4, 0.5) is 0 Å². The molecule has 1 N–H and O–H groups in total. The van der Waals surface area contributed by atoms with Crippen molar-refractivity contribution < 1.29 is 9.90 Å². The molecule has 0 atom stereocenters. The van der Waals surface area contributed by atoms with Crippen molar-refractivity contribution in [3.05, 3.63) is 82.5 Å². The zero-order valence-corrected chi connectivity index (χ0v) is 14.9. The average molecular weight is 383 g/mol. The largest absolute Gasteiger partial charge is 0.478 e. The van der Waals surface area contributed by atoms with Gasteiger partial charge in [-0.15, -0.1) is 0 Å². The molecule has 0 aliphatic carbocycles. The molecule has 0 aliphatic rings. The lowest BCUT2D eigenvalue weighted by Crippen LogP contribution is -1.98. The minimum Gasteiger partial charge on any atom is -0.478 e. The van der Waals surface area contributed by atoms with Gasteiger partial charge in [-0.05, 0) is 48.5 Å². The average Bonchev–Trinajstić information content (AvgIpc) is 3.05. The van der Waals surface area contributed by atoms with Gasteiger partial charge in [-0.25, -0.2) is 9.78 Å². The molecule has 0 saturated heterocycles. The molecule has 2 aromatic carbocycles. The fraction of sp³-hybridized carbons (Fsp3) is 0. The van der Waals surface area contributed by atoms with Crippen LogP contribution in [0.15, 0.2) is 66.9 Å². The van der Waals surface area contributed by atoms with E-state index in [2.05, 4.69) is 0 Å². The summed E-state index contributed by atoms with van der Waals surface area (Å²) in [6, 6.07) is 17.8. The first-order valence-corrected chi connectivity index (χ1v) is 8.56. The molecule has 2 heterocycles. The van der Waals surface area contributed by atoms with E-state index in [1.807, 2.05) is 41.1 Å². The molecule has 2 aromatic heterocycles. The summed E-state index contributed by atoms with van der Waals surface area (Å²) in [5.41, 5.74) is 3.15. The molecule has 4 rings (SSSR count). The van der Waals surface area contributed by atoms with E-state index in [1.165, 1.54) is 0 Å². The van der Waals surface area contributed by atoms with Gasteiger partial charge in [-0.3, -0.25) is 4.57 Å². The van der Waals surface area contributed by atoms with Gasteiger partial charge in [0.25, 0.3) is 0 Å². The van der Waals surface area contributed by atoms with E-state index >= 15 is 0 Å². The highest BCUT2D eigenvalue weighted by Crippen LogP contribution is 2.29. The Bertz CT molecular complexity index is 1150. The zero-order chi connectivity index (χ0) is 18.3. The summed E-state index contributed by atoms with van der Waals surface area (Å²) < 4.78 is 1.89. The summed E-state index contributed by atoms with van der Waals surface area (Å²) in [4.78, 5) is 15.9. The van der Waals surface area contributed by atoms with Crippen molar-refractivity contribution in [2.24, 2.45) is 0 Å². The first kappa shape index (κ1) is 16.6. The van der Waals surface area contributed by atoms with Crippen LogP contribution in [0, 0.1) is 0 Å². The van der Waals surface area contributed by atoms with E-state index in [0.717, 1.165) is 22.3 Å². The molecule has 0 unspecified atom stereocenters. The number of carbonyl (C=O) groups is 1. The van der Waals surface area contributed by atoms with Gasteiger partial charge in [0, 0.05) is 22.2 Å². The molecule has 128 valence electrons. The highest BCUT2D eigenvalue weighted by molar-refractivity contribution is 6.35. The second-order valence-electron chi connectivity index (χ2n) is 5.78. The molecule has 6 heteroatoms. The Balaban J connectivity index is 1.87. The van der Waals surface area contributed by atoms with Crippen LogP contribution in [0.25, 0.3) is 28.0 Å². The lowest BCUT2D eigenvalue weighted by Gasteiger charge is -2.09. The van der Waals surface area contributed by atoms with Crippen LogP contribution in [0.2, 0.25) is 10.0 Å². The predicted molar refractivity (Wildman–Crippen MR) is 103 cm³/mol. The maximum Gasteiger partial charge on any atom is 0.335 e. The Morgan fingerprint density at radius 3 is 2.62 bits per heavy atom. The summed E-state index contributed by atoms with van der Waals surface area (Å²) in [7, 11) is 0. The number of hydrogen-bond acceptors (Lipinski definition) is 2. The number of nitrogens with zero attached hydrogens (tertiary/aromatic N) is 2. The Labute approximate surface area is 159 Å². The minimum atomic E-state index is -0.968. The van der Waals surface area contributed by atoms with Crippen LogP contribution in [-0.2, 0) is 0 Å². The fourth-order valence-corrected chi connectivity index (χ4v) is 3.35. The molecule has 26 heavy (non-hydrogen) atoms. The number of aromatic nitrogens is 2. The maximum absolute atomic E-state index is 11.2. The SMILES string of the molecule is O=C(O)c1cccc(-c2ccc3ccn(-c4ccc(Cl)cc4Cl)c3n2)c1. The quantitative estimate of drug-likeness (QED) is 0.494. The molecule has 0 bridgehead atoms. The van der Waals surface area contributed by atoms with Crippen molar-refractivity contribution in [3.63, 3.8) is 0 Å². The number of benzene rings is 2. The summed E-state index contributed by atoms with van der Waals surface area (Å²) in [6.45, 7) is 0. The maximum atomic E-state index is 11.2. The molecule has 4 nitrogen and oxygen atoms in total. The minimum absolute atomic E-state index is 0.223. The van der Waals surface area contributed by atoms with Crippen molar-refractivity contribution in [1.29, 1.82) is 0 Å². The first-order chi connectivity index (χ1) is 12.5. The van der Waals surface area contributed by atoms with Crippen LogP contribution in [-0.4, -0.2) is 20.6 Å². The zero-order valence-electron chi connectivity index (χ0n) is 13.4. The lowest BCUT2D eigenvalue weighted by atomic mass is 10.1. The molecule has 0 aliphatic heterocycles. The Morgan fingerprint density at radius 2 is 1.85 bits per heavy atom. The van der Waals surface area contributed by atoms with Gasteiger partial charge in [-0.2, -0.15) is 0 Å². The number of carboxylic acid groups (broad SMARTS) is 1. The number of halogens is 2. The lowest BCUT2D eigenvalue weighted by molar-refractivity contribution is 0.0697. The van der Waals surface area contributed by atoms with Crippen molar-refractivity contribution in [2.75, 3.05) is 0 Å². The van der Waals surface area contributed by atoms with Crippen LogP contribution >= 0.6 is 23.2 Å². The van der Waals surface area contributed by atoms with Gasteiger partial charge >= 0.3 is 5.97 Å². The van der Waals surface area contributed by atoms with E-state index in [1.54, 1.807) is 30.3 Å². The van der Waals surface area contributed by atoms with Gasteiger partial charge < -0.3 is 5.11 Å². The van der Waals surface area contributed by atoms with Crippen LogP contribution < -0.4 is 0 Å². The van der Waals surface area contributed by atoms with E-state index in [-0.39, 0.29) is 5.56 Å². The van der Waals surface area contributed by atoms with Gasteiger partial charge in [0.15, 0.2) is 0 Å². The van der Waals surface area contributed by atoms with Gasteiger partial charge in [0.1, 0.15) is 5.65 Å². The Kier molecular flexibility index (Phi) is 4.15. The second kappa shape index (κ2) is 6.48. The predicted octanol–water partition coefficient (Wildman–Crippen LogP) is 5.70. The molecule has 4 aromatic rings.